The van der Waals surface area contributed by atoms with Gasteiger partial charge in [0, 0.05) is 5.56 Å². The molecule has 1 aromatic carbocycles. The molecule has 0 aromatic heterocycles. The largest absolute Gasteiger partial charge is 0.391 e. The number of rotatable bonds is 3. The topological polar surface area (TPSA) is 46.2 Å². The Hall–Kier alpha value is -0.350. The molecule has 0 saturated heterocycles. The fourth-order valence-electron chi connectivity index (χ4n) is 1.89. The summed E-state index contributed by atoms with van der Waals surface area (Å²) >= 11 is 6.03. The quantitative estimate of drug-likeness (QED) is 0.894. The van der Waals surface area contributed by atoms with Crippen LogP contribution in [0.5, 0.6) is 0 Å². The van der Waals surface area contributed by atoms with E-state index in [1.165, 1.54) is 6.07 Å². The molecule has 96 valence electrons. The van der Waals surface area contributed by atoms with Crippen LogP contribution < -0.4 is 5.73 Å². The molecule has 1 aliphatic carbocycles. The van der Waals surface area contributed by atoms with E-state index in [0.29, 0.717) is 5.02 Å². The van der Waals surface area contributed by atoms with Gasteiger partial charge < -0.3 is 10.8 Å². The molecule has 0 aliphatic heterocycles. The van der Waals surface area contributed by atoms with E-state index < -0.39 is 18.0 Å². The lowest BCUT2D eigenvalue weighted by Crippen LogP contribution is -2.29. The second-order valence-electron chi connectivity index (χ2n) is 4.45. The first-order chi connectivity index (χ1) is 7.52. The van der Waals surface area contributed by atoms with Crippen LogP contribution in [0.25, 0.3) is 0 Å². The van der Waals surface area contributed by atoms with Crippen LogP contribution in [0.15, 0.2) is 12.1 Å². The number of nitrogens with two attached hydrogens (primary N) is 1. The zero-order chi connectivity index (χ0) is 11.9. The van der Waals surface area contributed by atoms with Crippen molar-refractivity contribution in [2.75, 3.05) is 0 Å². The molecule has 1 saturated carbocycles. The summed E-state index contributed by atoms with van der Waals surface area (Å²) < 4.78 is 13.6. The minimum Gasteiger partial charge on any atom is -0.391 e. The Morgan fingerprint density at radius 2 is 2.06 bits per heavy atom. The number of aryl methyl sites for hydroxylation is 1. The van der Waals surface area contributed by atoms with Crippen molar-refractivity contribution in [3.63, 3.8) is 0 Å². The Kier molecular flexibility index (Phi) is 4.78. The highest BCUT2D eigenvalue weighted by atomic mass is 35.5. The molecule has 0 radical (unpaired) electrons. The molecule has 0 spiro atoms. The van der Waals surface area contributed by atoms with E-state index in [4.69, 9.17) is 17.3 Å². The number of halogens is 3. The van der Waals surface area contributed by atoms with Crippen LogP contribution in [0.4, 0.5) is 4.39 Å². The summed E-state index contributed by atoms with van der Waals surface area (Å²) in [6.45, 7) is 1.79. The number of aliphatic hydroxyl groups excluding tert-OH is 1. The Labute approximate surface area is 111 Å². The zero-order valence-electron chi connectivity index (χ0n) is 9.49. The van der Waals surface area contributed by atoms with Crippen molar-refractivity contribution in [1.82, 2.24) is 0 Å². The predicted molar refractivity (Wildman–Crippen MR) is 69.1 cm³/mol. The molecule has 2 rings (SSSR count). The molecule has 0 bridgehead atoms. The Morgan fingerprint density at radius 1 is 1.47 bits per heavy atom. The summed E-state index contributed by atoms with van der Waals surface area (Å²) in [6, 6.07) is 2.22. The maximum absolute atomic E-state index is 13.6. The standard InChI is InChI=1S/C12H15ClFNO.ClH/c1-6-2-5-8(14)9(10(6)13)11(15)12(16)7-3-4-7;/h2,5,7,11-12,16H,3-4,15H2,1H3;1H/t11-,12+;/m0./s1. The SMILES string of the molecule is Cc1ccc(F)c([C@H](N)[C@H](O)C2CC2)c1Cl.Cl. The lowest BCUT2D eigenvalue weighted by atomic mass is 9.97. The number of aliphatic hydroxyl groups is 1. The summed E-state index contributed by atoms with van der Waals surface area (Å²) in [5.41, 5.74) is 6.89. The van der Waals surface area contributed by atoms with E-state index in [1.807, 2.05) is 0 Å². The highest BCUT2D eigenvalue weighted by molar-refractivity contribution is 6.32. The second kappa shape index (κ2) is 5.53. The summed E-state index contributed by atoms with van der Waals surface area (Å²) in [5.74, 6) is -0.242. The molecule has 0 amide bonds. The fraction of sp³-hybridized carbons (Fsp3) is 0.500. The van der Waals surface area contributed by atoms with Crippen LogP contribution in [0.1, 0.15) is 30.0 Å². The van der Waals surface area contributed by atoms with Gasteiger partial charge in [0.2, 0.25) is 0 Å². The molecule has 2 nitrogen and oxygen atoms in total. The minimum absolute atomic E-state index is 0. The minimum atomic E-state index is -0.736. The van der Waals surface area contributed by atoms with Gasteiger partial charge in [-0.2, -0.15) is 0 Å². The summed E-state index contributed by atoms with van der Waals surface area (Å²) in [6.07, 6.45) is 1.22. The molecule has 0 heterocycles. The maximum Gasteiger partial charge on any atom is 0.129 e. The van der Waals surface area contributed by atoms with Crippen LogP contribution in [0, 0.1) is 18.7 Å². The molecule has 1 fully saturated rings. The van der Waals surface area contributed by atoms with E-state index >= 15 is 0 Å². The van der Waals surface area contributed by atoms with Crippen molar-refractivity contribution >= 4 is 24.0 Å². The summed E-state index contributed by atoms with van der Waals surface area (Å²) in [4.78, 5) is 0. The van der Waals surface area contributed by atoms with E-state index in [0.717, 1.165) is 18.4 Å². The molecule has 1 aromatic rings. The van der Waals surface area contributed by atoms with Crippen molar-refractivity contribution < 1.29 is 9.50 Å². The number of hydrogen-bond acceptors (Lipinski definition) is 2. The normalized spacial score (nSPS) is 18.4. The van der Waals surface area contributed by atoms with E-state index in [2.05, 4.69) is 0 Å². The van der Waals surface area contributed by atoms with Gasteiger partial charge in [-0.05, 0) is 37.3 Å². The lowest BCUT2D eigenvalue weighted by Gasteiger charge is -2.21. The van der Waals surface area contributed by atoms with Crippen molar-refractivity contribution in [3.8, 4) is 0 Å². The van der Waals surface area contributed by atoms with Crippen LogP contribution in [-0.2, 0) is 0 Å². The average Bonchev–Trinajstić information content (AvgIpc) is 3.06. The third-order valence-electron chi connectivity index (χ3n) is 3.13. The van der Waals surface area contributed by atoms with E-state index in [-0.39, 0.29) is 23.9 Å². The van der Waals surface area contributed by atoms with Gasteiger partial charge in [-0.3, -0.25) is 0 Å². The monoisotopic (exact) mass is 279 g/mol. The van der Waals surface area contributed by atoms with Crippen LogP contribution in [-0.4, -0.2) is 11.2 Å². The van der Waals surface area contributed by atoms with Gasteiger partial charge in [0.25, 0.3) is 0 Å². The summed E-state index contributed by atoms with van der Waals surface area (Å²) in [7, 11) is 0. The van der Waals surface area contributed by atoms with Gasteiger partial charge in [0.15, 0.2) is 0 Å². The average molecular weight is 280 g/mol. The second-order valence-corrected chi connectivity index (χ2v) is 4.82. The highest BCUT2D eigenvalue weighted by Gasteiger charge is 2.36. The highest BCUT2D eigenvalue weighted by Crippen LogP contribution is 2.39. The van der Waals surface area contributed by atoms with Gasteiger partial charge in [-0.1, -0.05) is 17.7 Å². The third kappa shape index (κ3) is 2.91. The third-order valence-corrected chi connectivity index (χ3v) is 3.63. The van der Waals surface area contributed by atoms with Gasteiger partial charge in [-0.25, -0.2) is 4.39 Å². The van der Waals surface area contributed by atoms with Gasteiger partial charge in [0.1, 0.15) is 5.82 Å². The predicted octanol–water partition coefficient (Wildman–Crippen LogP) is 2.98. The van der Waals surface area contributed by atoms with E-state index in [1.54, 1.807) is 13.0 Å². The first kappa shape index (κ1) is 14.7. The zero-order valence-corrected chi connectivity index (χ0v) is 11.1. The molecule has 0 unspecified atom stereocenters. The molecular weight excluding hydrogens is 264 g/mol. The van der Waals surface area contributed by atoms with Crippen molar-refractivity contribution in [3.05, 3.63) is 34.1 Å². The molecular formula is C12H16Cl2FNO. The lowest BCUT2D eigenvalue weighted by molar-refractivity contribution is 0.121. The Morgan fingerprint density at radius 3 is 2.59 bits per heavy atom. The van der Waals surface area contributed by atoms with Crippen LogP contribution in [0.2, 0.25) is 5.02 Å². The van der Waals surface area contributed by atoms with Gasteiger partial charge >= 0.3 is 0 Å². The van der Waals surface area contributed by atoms with Crippen LogP contribution >= 0.6 is 24.0 Å². The molecule has 5 heteroatoms. The van der Waals surface area contributed by atoms with Crippen molar-refractivity contribution in [2.24, 2.45) is 11.7 Å². The smallest absolute Gasteiger partial charge is 0.129 e. The van der Waals surface area contributed by atoms with Gasteiger partial charge in [-0.15, -0.1) is 12.4 Å². The first-order valence-electron chi connectivity index (χ1n) is 5.40. The number of hydrogen-bond donors (Lipinski definition) is 2. The molecule has 3 N–H and O–H groups in total. The Bertz CT molecular complexity index is 410. The Balaban J connectivity index is 0.00000144. The fourth-order valence-corrected chi connectivity index (χ4v) is 2.16. The number of benzene rings is 1. The van der Waals surface area contributed by atoms with Crippen LogP contribution in [0.3, 0.4) is 0 Å². The van der Waals surface area contributed by atoms with Gasteiger partial charge in [0.05, 0.1) is 17.2 Å². The molecule has 1 aliphatic rings. The first-order valence-corrected chi connectivity index (χ1v) is 5.78. The summed E-state index contributed by atoms with van der Waals surface area (Å²) in [5, 5.41) is 10.2. The molecule has 2 atom stereocenters. The maximum atomic E-state index is 13.6. The van der Waals surface area contributed by atoms with Crippen molar-refractivity contribution in [1.29, 1.82) is 0 Å². The van der Waals surface area contributed by atoms with E-state index in [9.17, 15) is 9.50 Å². The molecule has 17 heavy (non-hydrogen) atoms. The van der Waals surface area contributed by atoms with Crippen molar-refractivity contribution in [2.45, 2.75) is 31.9 Å².